The lowest BCUT2D eigenvalue weighted by Crippen LogP contribution is -2.54. The first-order valence-corrected chi connectivity index (χ1v) is 13.5. The van der Waals surface area contributed by atoms with Gasteiger partial charge >= 0.3 is 12.4 Å². The average Bonchev–Trinajstić information content (AvgIpc) is 3.17. The van der Waals surface area contributed by atoms with Gasteiger partial charge in [0.25, 0.3) is 5.91 Å². The van der Waals surface area contributed by atoms with Crippen LogP contribution in [0, 0.1) is 0 Å². The van der Waals surface area contributed by atoms with Gasteiger partial charge in [0.05, 0.1) is 21.7 Å². The number of pyridine rings is 1. The lowest BCUT2D eigenvalue weighted by atomic mass is 9.94. The fraction of sp³-hybridized carbons (Fsp3) is 0.440. The normalized spacial score (nSPS) is 16.1. The topological polar surface area (TPSA) is 107 Å². The van der Waals surface area contributed by atoms with Crippen molar-refractivity contribution >= 4 is 27.0 Å². The Balaban J connectivity index is 1.90. The molecule has 3 N–H and O–H groups in total. The summed E-state index contributed by atoms with van der Waals surface area (Å²) in [6, 6.07) is 5.28. The number of amides is 1. The van der Waals surface area contributed by atoms with E-state index in [1.165, 1.54) is 12.1 Å². The quantitative estimate of drug-likeness (QED) is 0.354. The number of aromatic nitrogens is 2. The number of primary amides is 1. The summed E-state index contributed by atoms with van der Waals surface area (Å²) < 4.78 is 109. The van der Waals surface area contributed by atoms with E-state index in [0.717, 1.165) is 37.5 Å². The molecular weight excluding hydrogens is 550 g/mol. The van der Waals surface area contributed by atoms with Gasteiger partial charge in [-0.15, -0.1) is 0 Å². The van der Waals surface area contributed by atoms with Gasteiger partial charge in [0.2, 0.25) is 10.0 Å². The summed E-state index contributed by atoms with van der Waals surface area (Å²) in [6.07, 6.45) is -4.92. The molecule has 7 nitrogen and oxygen atoms in total. The molecule has 3 aromatic rings. The number of alkyl halides is 6. The van der Waals surface area contributed by atoms with Gasteiger partial charge in [0.1, 0.15) is 11.2 Å². The number of fused-ring (bicyclic) bond motifs is 1. The lowest BCUT2D eigenvalue weighted by molar-refractivity contribution is -0.180. The minimum absolute atomic E-state index is 0.0943. The number of nitrogens with one attached hydrogen (secondary N) is 1. The van der Waals surface area contributed by atoms with E-state index in [1.54, 1.807) is 9.29 Å². The molecule has 0 radical (unpaired) electrons. The Bertz CT molecular complexity index is 1500. The second-order valence-corrected chi connectivity index (χ2v) is 11.8. The molecular formula is C25H26F6N4O3S. The Morgan fingerprint density at radius 3 is 2.13 bits per heavy atom. The van der Waals surface area contributed by atoms with Crippen LogP contribution in [-0.4, -0.2) is 35.6 Å². The molecule has 1 amide bonds. The highest BCUT2D eigenvalue weighted by Gasteiger charge is 2.49. The number of benzene rings is 1. The Morgan fingerprint density at radius 1 is 1.03 bits per heavy atom. The van der Waals surface area contributed by atoms with Gasteiger partial charge in [-0.1, -0.05) is 31.4 Å². The van der Waals surface area contributed by atoms with Crippen LogP contribution in [0.15, 0.2) is 41.4 Å². The molecule has 0 spiro atoms. The smallest absolute Gasteiger partial charge is 0.366 e. The Kier molecular flexibility index (Phi) is 7.26. The molecule has 4 rings (SSSR count). The molecule has 0 bridgehead atoms. The van der Waals surface area contributed by atoms with E-state index in [1.807, 2.05) is 0 Å². The van der Waals surface area contributed by atoms with Gasteiger partial charge in [-0.3, -0.25) is 4.79 Å². The number of sulfonamides is 1. The molecule has 1 aliphatic rings. The molecule has 2 aromatic heterocycles. The number of carbonyl (C=O) groups is 1. The Hall–Kier alpha value is -3.13. The highest BCUT2D eigenvalue weighted by atomic mass is 32.2. The molecule has 212 valence electrons. The van der Waals surface area contributed by atoms with Crippen molar-refractivity contribution in [3.05, 3.63) is 47.7 Å². The Labute approximate surface area is 220 Å². The molecule has 1 aromatic carbocycles. The molecule has 0 unspecified atom stereocenters. The molecule has 1 saturated carbocycles. The standard InChI is InChI=1S/C25H26F6N4O3S/c1-23(2,25(29,30)31)34-39(37,38)17-10-8-14(9-11-17)20-19(21(32)36)18-12-15(24(26,27)28)13-33-22(18)35(20)16-6-4-3-5-7-16/h8-13,16,34H,3-7H2,1-2H3,(H2,32,36). The van der Waals surface area contributed by atoms with Gasteiger partial charge in [-0.05, 0) is 50.5 Å². The molecule has 0 saturated heterocycles. The van der Waals surface area contributed by atoms with Crippen LogP contribution in [0.3, 0.4) is 0 Å². The highest BCUT2D eigenvalue weighted by Crippen LogP contribution is 2.42. The number of rotatable bonds is 6. The second-order valence-electron chi connectivity index (χ2n) is 10.1. The highest BCUT2D eigenvalue weighted by molar-refractivity contribution is 7.89. The number of halogens is 6. The number of hydrogen-bond acceptors (Lipinski definition) is 4. The first-order valence-electron chi connectivity index (χ1n) is 12.1. The van der Waals surface area contributed by atoms with Crippen molar-refractivity contribution in [2.24, 2.45) is 5.73 Å². The zero-order chi connectivity index (χ0) is 29.0. The summed E-state index contributed by atoms with van der Waals surface area (Å²) in [5.41, 5.74) is 2.18. The molecule has 39 heavy (non-hydrogen) atoms. The van der Waals surface area contributed by atoms with Crippen LogP contribution in [0.2, 0.25) is 0 Å². The predicted molar refractivity (Wildman–Crippen MR) is 131 cm³/mol. The van der Waals surface area contributed by atoms with Crippen molar-refractivity contribution in [2.75, 3.05) is 0 Å². The van der Waals surface area contributed by atoms with Crippen molar-refractivity contribution in [3.8, 4) is 11.3 Å². The number of hydrogen-bond donors (Lipinski definition) is 2. The van der Waals surface area contributed by atoms with E-state index in [9.17, 15) is 39.6 Å². The van der Waals surface area contributed by atoms with Crippen LogP contribution in [0.1, 0.15) is 67.9 Å². The predicted octanol–water partition coefficient (Wildman–Crippen LogP) is 5.95. The van der Waals surface area contributed by atoms with Crippen LogP contribution < -0.4 is 10.5 Å². The van der Waals surface area contributed by atoms with Gasteiger partial charge in [-0.2, -0.15) is 31.1 Å². The molecule has 1 aliphatic carbocycles. The number of carbonyl (C=O) groups excluding carboxylic acids is 1. The molecule has 0 aliphatic heterocycles. The van der Waals surface area contributed by atoms with Crippen molar-refractivity contribution in [2.45, 2.75) is 74.8 Å². The van der Waals surface area contributed by atoms with Crippen molar-refractivity contribution < 1.29 is 39.6 Å². The fourth-order valence-electron chi connectivity index (χ4n) is 4.81. The van der Waals surface area contributed by atoms with Gasteiger partial charge < -0.3 is 10.3 Å². The van der Waals surface area contributed by atoms with E-state index in [2.05, 4.69) is 4.98 Å². The summed E-state index contributed by atoms with van der Waals surface area (Å²) in [4.78, 5) is 16.2. The maximum absolute atomic E-state index is 13.5. The SMILES string of the molecule is CC(C)(NS(=O)(=O)c1ccc(-c2c(C(N)=O)c3cc(C(F)(F)F)cnc3n2C2CCCCC2)cc1)C(F)(F)F. The monoisotopic (exact) mass is 576 g/mol. The molecule has 1 fully saturated rings. The minimum Gasteiger partial charge on any atom is -0.366 e. The first-order chi connectivity index (χ1) is 17.9. The van der Waals surface area contributed by atoms with Crippen LogP contribution in [-0.2, 0) is 16.2 Å². The van der Waals surface area contributed by atoms with Gasteiger partial charge in [0.15, 0.2) is 0 Å². The summed E-state index contributed by atoms with van der Waals surface area (Å²) in [5, 5.41) is -0.0943. The van der Waals surface area contributed by atoms with Crippen molar-refractivity contribution in [3.63, 3.8) is 0 Å². The van der Waals surface area contributed by atoms with Crippen molar-refractivity contribution in [1.82, 2.24) is 14.3 Å². The average molecular weight is 577 g/mol. The van der Waals surface area contributed by atoms with Gasteiger partial charge in [0, 0.05) is 17.6 Å². The zero-order valence-corrected chi connectivity index (χ0v) is 21.8. The minimum atomic E-state index is -4.86. The van der Waals surface area contributed by atoms with E-state index < -0.39 is 44.3 Å². The van der Waals surface area contributed by atoms with Crippen LogP contribution >= 0.6 is 0 Å². The molecule has 2 heterocycles. The van der Waals surface area contributed by atoms with Crippen LogP contribution in [0.5, 0.6) is 0 Å². The third-order valence-electron chi connectivity index (χ3n) is 6.89. The summed E-state index contributed by atoms with van der Waals surface area (Å²) in [7, 11) is -4.61. The van der Waals surface area contributed by atoms with E-state index in [-0.39, 0.29) is 33.9 Å². The fourth-order valence-corrected chi connectivity index (χ4v) is 6.21. The summed E-state index contributed by atoms with van der Waals surface area (Å²) in [5.74, 6) is -1.00. The summed E-state index contributed by atoms with van der Waals surface area (Å²) >= 11 is 0. The molecule has 14 heteroatoms. The number of nitrogens with two attached hydrogens (primary N) is 1. The van der Waals surface area contributed by atoms with Crippen LogP contribution in [0.25, 0.3) is 22.3 Å². The summed E-state index contributed by atoms with van der Waals surface area (Å²) in [6.45, 7) is 1.37. The van der Waals surface area contributed by atoms with Crippen molar-refractivity contribution in [1.29, 1.82) is 0 Å². The van der Waals surface area contributed by atoms with Crippen LogP contribution in [0.4, 0.5) is 26.3 Å². The largest absolute Gasteiger partial charge is 0.417 e. The Morgan fingerprint density at radius 2 is 1.62 bits per heavy atom. The van der Waals surface area contributed by atoms with E-state index in [4.69, 9.17) is 5.73 Å². The maximum Gasteiger partial charge on any atom is 0.417 e. The third kappa shape index (κ3) is 5.49. The zero-order valence-electron chi connectivity index (χ0n) is 20.9. The van der Waals surface area contributed by atoms with E-state index >= 15 is 0 Å². The lowest BCUT2D eigenvalue weighted by Gasteiger charge is -2.28. The van der Waals surface area contributed by atoms with E-state index in [0.29, 0.717) is 32.9 Å². The third-order valence-corrected chi connectivity index (χ3v) is 8.56. The number of nitrogens with zero attached hydrogens (tertiary/aromatic N) is 2. The second kappa shape index (κ2) is 9.81. The first kappa shape index (κ1) is 28.9. The van der Waals surface area contributed by atoms with Gasteiger partial charge in [-0.25, -0.2) is 13.4 Å². The molecule has 0 atom stereocenters. The maximum atomic E-state index is 13.5.